The molecule has 5 aliphatic rings. The predicted molar refractivity (Wildman–Crippen MR) is 297 cm³/mol. The molecule has 2 bridgehead atoms. The van der Waals surface area contributed by atoms with Gasteiger partial charge in [0.25, 0.3) is 5.88 Å². The first-order chi connectivity index (χ1) is 37.8. The highest BCUT2D eigenvalue weighted by atomic mass is 32.1. The van der Waals surface area contributed by atoms with Gasteiger partial charge in [0.1, 0.15) is 30.0 Å². The van der Waals surface area contributed by atoms with Crippen LogP contribution in [0.3, 0.4) is 0 Å². The van der Waals surface area contributed by atoms with Crippen molar-refractivity contribution in [2.75, 3.05) is 56.5 Å². The summed E-state index contributed by atoms with van der Waals surface area (Å²) in [6.07, 6.45) is 7.76. The number of rotatable bonds is 16. The Hall–Kier alpha value is -6.91. The number of carbonyl (C=O) groups excluding carboxylic acids is 2. The van der Waals surface area contributed by atoms with E-state index in [9.17, 15) is 19.8 Å². The summed E-state index contributed by atoms with van der Waals surface area (Å²) >= 11 is 1.59. The molecule has 408 valence electrons. The molecule has 2 amide bonds. The molecule has 5 N–H and O–H groups in total. The third-order valence-electron chi connectivity index (χ3n) is 16.8. The molecule has 7 heterocycles. The number of piperidine rings is 2. The second-order valence-electron chi connectivity index (χ2n) is 22.4. The Balaban J connectivity index is 0.603. The van der Waals surface area contributed by atoms with E-state index in [1.165, 1.54) is 10.5 Å². The standard InChI is InChI=1S/C60H70N10O7S/c1-35(2)55(60(74)70-33-45(71)28-51(70)59(73)64-36(3)39-10-12-40(13-11-39)57-37(4)63-34-78-57)53-30-54(67-77-53)75-24-23-68-21-18-46(19-22-68)76-47-25-38(26-47)9-16-44-27-41(17-20-62-44)56-42-14-15-43(56)32-69(31-42)50-29-49(65-66-58(50)61)48-7-5-6-8-52(48)72/h5-8,10-13,17,20,27,29-30,34-36,38,42-43,45-47,51,55-56,71-72H,14-15,18-19,21-26,28,31-33H2,1-4H3,(H2,61,66)(H,64,73)/t36-,38-,42?,43?,45+,47-,51-,55+,56?/m0/s1. The van der Waals surface area contributed by atoms with Crippen molar-refractivity contribution in [3.63, 3.8) is 0 Å². The number of fused-ring (bicyclic) bond motifs is 2. The second kappa shape index (κ2) is 23.2. The van der Waals surface area contributed by atoms with Crippen LogP contribution < -0.4 is 20.7 Å². The van der Waals surface area contributed by atoms with Crippen molar-refractivity contribution in [3.8, 4) is 45.2 Å². The molecule has 11 rings (SSSR count). The number of phenols is 1. The van der Waals surface area contributed by atoms with Gasteiger partial charge in [0.2, 0.25) is 11.8 Å². The summed E-state index contributed by atoms with van der Waals surface area (Å²) in [5.41, 5.74) is 15.5. The molecular formula is C60H70N10O7S. The van der Waals surface area contributed by atoms with Crippen LogP contribution in [0.5, 0.6) is 11.6 Å². The number of para-hydroxylation sites is 1. The summed E-state index contributed by atoms with van der Waals surface area (Å²) in [4.78, 5) is 44.3. The van der Waals surface area contributed by atoms with E-state index < -0.39 is 18.1 Å². The summed E-state index contributed by atoms with van der Waals surface area (Å²) in [6, 6.07) is 22.1. The molecule has 2 saturated carbocycles. The molecule has 2 unspecified atom stereocenters. The molecule has 2 aliphatic carbocycles. The molecule has 5 fully saturated rings. The molecule has 18 heteroatoms. The zero-order chi connectivity index (χ0) is 54.0. The maximum Gasteiger partial charge on any atom is 0.254 e. The molecule has 0 spiro atoms. The first kappa shape index (κ1) is 53.1. The Kier molecular flexibility index (Phi) is 15.8. The van der Waals surface area contributed by atoms with E-state index in [2.05, 4.69) is 64.4 Å². The number of likely N-dealkylation sites (tertiary alicyclic amines) is 2. The maximum atomic E-state index is 14.2. The van der Waals surface area contributed by atoms with Crippen LogP contribution >= 0.6 is 11.3 Å². The minimum atomic E-state index is -0.826. The lowest BCUT2D eigenvalue weighted by Gasteiger charge is -2.39. The van der Waals surface area contributed by atoms with Crippen molar-refractivity contribution in [1.82, 2.24) is 40.4 Å². The third-order valence-corrected chi connectivity index (χ3v) is 17.8. The molecule has 2 aromatic carbocycles. The summed E-state index contributed by atoms with van der Waals surface area (Å²) < 4.78 is 18.4. The highest BCUT2D eigenvalue weighted by Crippen LogP contribution is 2.50. The van der Waals surface area contributed by atoms with Gasteiger partial charge in [0, 0.05) is 69.4 Å². The van der Waals surface area contributed by atoms with Crippen LogP contribution in [0, 0.1) is 42.4 Å². The van der Waals surface area contributed by atoms with Crippen molar-refractivity contribution in [2.24, 2.45) is 23.7 Å². The molecule has 17 nitrogen and oxygen atoms in total. The van der Waals surface area contributed by atoms with Crippen LogP contribution in [0.2, 0.25) is 0 Å². The van der Waals surface area contributed by atoms with Gasteiger partial charge in [-0.2, -0.15) is 0 Å². The van der Waals surface area contributed by atoms with Gasteiger partial charge in [0.15, 0.2) is 11.6 Å². The number of aryl methyl sites for hydroxylation is 1. The number of anilines is 2. The van der Waals surface area contributed by atoms with Gasteiger partial charge >= 0.3 is 0 Å². The topological polar surface area (TPSA) is 218 Å². The van der Waals surface area contributed by atoms with Crippen molar-refractivity contribution in [2.45, 2.75) is 115 Å². The lowest BCUT2D eigenvalue weighted by molar-refractivity contribution is -0.141. The molecular weight excluding hydrogens is 1000 g/mol. The number of nitrogen functional groups attached to an aromatic ring is 1. The molecule has 6 atom stereocenters. The van der Waals surface area contributed by atoms with Crippen LogP contribution in [0.25, 0.3) is 21.7 Å². The Labute approximate surface area is 459 Å². The fourth-order valence-corrected chi connectivity index (χ4v) is 13.4. The molecule has 3 saturated heterocycles. The number of β-amino-alcohol motifs (C(OH)–C–C–N with tert-alkyl or cyclic N) is 1. The lowest BCUT2D eigenvalue weighted by atomic mass is 9.79. The summed E-state index contributed by atoms with van der Waals surface area (Å²) in [5, 5.41) is 37.0. The Morgan fingerprint density at radius 2 is 1.69 bits per heavy atom. The van der Waals surface area contributed by atoms with Gasteiger partial charge in [-0.05, 0) is 134 Å². The maximum absolute atomic E-state index is 14.2. The smallest absolute Gasteiger partial charge is 0.254 e. The second-order valence-corrected chi connectivity index (χ2v) is 23.3. The number of nitrogens with one attached hydrogen (secondary N) is 1. The number of pyridine rings is 1. The number of benzene rings is 2. The summed E-state index contributed by atoms with van der Waals surface area (Å²) in [6.45, 7) is 12.5. The van der Waals surface area contributed by atoms with E-state index in [0.717, 1.165) is 104 Å². The van der Waals surface area contributed by atoms with Gasteiger partial charge in [-0.3, -0.25) is 14.5 Å². The van der Waals surface area contributed by atoms with Gasteiger partial charge < -0.3 is 45.1 Å². The number of ether oxygens (including phenoxy) is 2. The molecule has 0 radical (unpaired) electrons. The van der Waals surface area contributed by atoms with E-state index in [1.54, 1.807) is 29.5 Å². The summed E-state index contributed by atoms with van der Waals surface area (Å²) in [7, 11) is 0. The van der Waals surface area contributed by atoms with Gasteiger partial charge in [0.05, 0.1) is 51.8 Å². The highest BCUT2D eigenvalue weighted by Gasteiger charge is 2.45. The number of aromatic nitrogens is 5. The van der Waals surface area contributed by atoms with Crippen molar-refractivity contribution >= 4 is 34.7 Å². The molecule has 3 aliphatic heterocycles. The Bertz CT molecular complexity index is 3130. The number of nitrogens with zero attached hydrogens (tertiary/aromatic N) is 8. The number of aliphatic hydroxyl groups excluding tert-OH is 1. The van der Waals surface area contributed by atoms with E-state index in [0.29, 0.717) is 59.0 Å². The van der Waals surface area contributed by atoms with Crippen molar-refractivity contribution in [3.05, 3.63) is 113 Å². The van der Waals surface area contributed by atoms with Gasteiger partial charge in [-0.15, -0.1) is 21.5 Å². The van der Waals surface area contributed by atoms with E-state index >= 15 is 0 Å². The fourth-order valence-electron chi connectivity index (χ4n) is 12.5. The average Bonchev–Trinajstić information content (AvgIpc) is 4.35. The molecule has 78 heavy (non-hydrogen) atoms. The Morgan fingerprint density at radius 1 is 0.923 bits per heavy atom. The predicted octanol–water partition coefficient (Wildman–Crippen LogP) is 8.15. The number of hydrogen-bond acceptors (Lipinski definition) is 16. The SMILES string of the molecule is Cc1ncsc1-c1ccc([C@H](C)NC(=O)[C@@H]2C[C@@H](O)CN2C(=O)[C@@H](c2cc(OCCN3CCC(O[C@H]4C[C@H](C#Cc5cc(C6C7CCC6CN(c6cc(-c8ccccc8O)nnc6N)C7)ccn5)C4)CC3)no2)C(C)C)cc1. The number of nitrogens with two attached hydrogens (primary N) is 1. The largest absolute Gasteiger partial charge is 0.507 e. The van der Waals surface area contributed by atoms with Gasteiger partial charge in [-0.25, -0.2) is 9.97 Å². The number of carbonyl (C=O) groups is 2. The number of amides is 2. The summed E-state index contributed by atoms with van der Waals surface area (Å²) in [5.74, 6) is 8.34. The van der Waals surface area contributed by atoms with Crippen LogP contribution in [0.4, 0.5) is 11.5 Å². The number of phenolic OH excluding ortho intramolecular Hbond substituents is 1. The zero-order valence-corrected chi connectivity index (χ0v) is 45.6. The number of aliphatic hydroxyl groups is 1. The number of aromatic hydroxyl groups is 1. The van der Waals surface area contributed by atoms with Crippen molar-refractivity contribution < 1.29 is 33.8 Å². The van der Waals surface area contributed by atoms with Crippen LogP contribution in [-0.4, -0.2) is 127 Å². The van der Waals surface area contributed by atoms with E-state index in [4.69, 9.17) is 19.7 Å². The fraction of sp³-hybridized carbons (Fsp3) is 0.483. The first-order valence-corrected chi connectivity index (χ1v) is 28.6. The van der Waals surface area contributed by atoms with Gasteiger partial charge in [-0.1, -0.05) is 56.2 Å². The lowest BCUT2D eigenvalue weighted by Crippen LogP contribution is -2.48. The van der Waals surface area contributed by atoms with E-state index in [1.807, 2.05) is 81.9 Å². The number of thiazole rings is 1. The monoisotopic (exact) mass is 1070 g/mol. The van der Waals surface area contributed by atoms with Crippen LogP contribution in [0.15, 0.2) is 89.0 Å². The minimum absolute atomic E-state index is 0.0559. The first-order valence-electron chi connectivity index (χ1n) is 27.7. The normalized spacial score (nSPS) is 24.1. The van der Waals surface area contributed by atoms with E-state index in [-0.39, 0.29) is 54.7 Å². The van der Waals surface area contributed by atoms with Crippen molar-refractivity contribution in [1.29, 1.82) is 0 Å². The molecule has 6 aromatic rings. The third kappa shape index (κ3) is 11.6. The minimum Gasteiger partial charge on any atom is -0.507 e. The average molecular weight is 1080 g/mol. The quantitative estimate of drug-likeness (QED) is 0.0673. The number of hydrogen-bond donors (Lipinski definition) is 4. The van der Waals surface area contributed by atoms with Crippen LogP contribution in [-0.2, 0) is 14.3 Å². The Morgan fingerprint density at radius 3 is 2.42 bits per heavy atom. The zero-order valence-electron chi connectivity index (χ0n) is 44.8. The molecule has 4 aromatic heterocycles. The highest BCUT2D eigenvalue weighted by molar-refractivity contribution is 7.13. The van der Waals surface area contributed by atoms with Crippen LogP contribution in [0.1, 0.15) is 112 Å².